The van der Waals surface area contributed by atoms with Crippen LogP contribution in [-0.4, -0.2) is 30.0 Å². The topological polar surface area (TPSA) is 29.5 Å². The van der Waals surface area contributed by atoms with E-state index in [1.807, 2.05) is 17.0 Å². The molecule has 0 N–H and O–H groups in total. The number of ether oxygens (including phenoxy) is 1. The van der Waals surface area contributed by atoms with Crippen LogP contribution in [0.3, 0.4) is 0 Å². The maximum Gasteiger partial charge on any atom is 0.222 e. The standard InChI is InChI=1S/C19H24FNO2/c20-17-8-6-15(7-9-17)4-2-1-3-5-19(22)21-12-10-18-16(14-21)11-13-23-18/h6-9,11,13,16,18H,1-5,10,12,14H2. The van der Waals surface area contributed by atoms with E-state index < -0.39 is 0 Å². The van der Waals surface area contributed by atoms with Gasteiger partial charge in [0.2, 0.25) is 5.91 Å². The van der Waals surface area contributed by atoms with Gasteiger partial charge in [0.25, 0.3) is 0 Å². The van der Waals surface area contributed by atoms with Crippen molar-refractivity contribution in [3.63, 3.8) is 0 Å². The zero-order chi connectivity index (χ0) is 16.1. The number of hydrogen-bond acceptors (Lipinski definition) is 2. The molecular formula is C19H24FNO2. The lowest BCUT2D eigenvalue weighted by molar-refractivity contribution is -0.134. The number of carbonyl (C=O) groups is 1. The normalized spacial score (nSPS) is 22.7. The van der Waals surface area contributed by atoms with Crippen LogP contribution in [0.2, 0.25) is 0 Å². The summed E-state index contributed by atoms with van der Waals surface area (Å²) in [6, 6.07) is 6.68. The molecular weight excluding hydrogens is 293 g/mol. The van der Waals surface area contributed by atoms with E-state index in [9.17, 15) is 9.18 Å². The van der Waals surface area contributed by atoms with Gasteiger partial charge in [-0.25, -0.2) is 4.39 Å². The van der Waals surface area contributed by atoms with Gasteiger partial charge in [0.15, 0.2) is 0 Å². The number of rotatable bonds is 6. The van der Waals surface area contributed by atoms with Crippen molar-refractivity contribution >= 4 is 5.91 Å². The SMILES string of the molecule is O=C(CCCCCc1ccc(F)cc1)N1CCC2OC=CC2C1. The van der Waals surface area contributed by atoms with Gasteiger partial charge in [-0.05, 0) is 43.0 Å². The van der Waals surface area contributed by atoms with Crippen LogP contribution in [0.4, 0.5) is 4.39 Å². The molecule has 0 radical (unpaired) electrons. The number of piperidine rings is 1. The minimum Gasteiger partial charge on any atom is -0.498 e. The molecule has 0 spiro atoms. The van der Waals surface area contributed by atoms with Crippen LogP contribution < -0.4 is 0 Å². The van der Waals surface area contributed by atoms with Crippen LogP contribution in [0.1, 0.15) is 37.7 Å². The summed E-state index contributed by atoms with van der Waals surface area (Å²) < 4.78 is 18.3. The van der Waals surface area contributed by atoms with E-state index >= 15 is 0 Å². The average Bonchev–Trinajstić information content (AvgIpc) is 3.03. The summed E-state index contributed by atoms with van der Waals surface area (Å²) in [7, 11) is 0. The van der Waals surface area contributed by atoms with E-state index in [0.29, 0.717) is 12.3 Å². The summed E-state index contributed by atoms with van der Waals surface area (Å²) in [4.78, 5) is 14.3. The first kappa shape index (κ1) is 16.0. The number of fused-ring (bicyclic) bond motifs is 1. The Morgan fingerprint density at radius 3 is 2.87 bits per heavy atom. The lowest BCUT2D eigenvalue weighted by atomic mass is 9.95. The van der Waals surface area contributed by atoms with Gasteiger partial charge in [-0.1, -0.05) is 18.6 Å². The van der Waals surface area contributed by atoms with Gasteiger partial charge in [0, 0.05) is 31.8 Å². The summed E-state index contributed by atoms with van der Waals surface area (Å²) >= 11 is 0. The molecule has 2 atom stereocenters. The zero-order valence-corrected chi connectivity index (χ0v) is 13.4. The molecule has 1 aromatic rings. The molecule has 1 fully saturated rings. The van der Waals surface area contributed by atoms with Gasteiger partial charge < -0.3 is 9.64 Å². The number of halogens is 1. The maximum absolute atomic E-state index is 12.8. The number of aryl methyl sites for hydroxylation is 1. The molecule has 0 aliphatic carbocycles. The molecule has 1 saturated heterocycles. The first-order valence-corrected chi connectivity index (χ1v) is 8.57. The predicted molar refractivity (Wildman–Crippen MR) is 87.3 cm³/mol. The van der Waals surface area contributed by atoms with Crippen molar-refractivity contribution in [3.05, 3.63) is 48.0 Å². The lowest BCUT2D eigenvalue weighted by Crippen LogP contribution is -2.44. The van der Waals surface area contributed by atoms with E-state index in [0.717, 1.165) is 50.8 Å². The van der Waals surface area contributed by atoms with Gasteiger partial charge in [0.05, 0.1) is 6.26 Å². The molecule has 2 aliphatic heterocycles. The smallest absolute Gasteiger partial charge is 0.222 e. The first-order valence-electron chi connectivity index (χ1n) is 8.57. The second kappa shape index (κ2) is 7.62. The largest absolute Gasteiger partial charge is 0.498 e. The van der Waals surface area contributed by atoms with Crippen molar-refractivity contribution in [2.45, 2.75) is 44.6 Å². The highest BCUT2D eigenvalue weighted by atomic mass is 19.1. The molecule has 1 aromatic carbocycles. The summed E-state index contributed by atoms with van der Waals surface area (Å²) in [5.41, 5.74) is 1.16. The van der Waals surface area contributed by atoms with Crippen molar-refractivity contribution in [1.82, 2.24) is 4.90 Å². The molecule has 23 heavy (non-hydrogen) atoms. The zero-order valence-electron chi connectivity index (χ0n) is 13.4. The van der Waals surface area contributed by atoms with Crippen LogP contribution >= 0.6 is 0 Å². The minimum absolute atomic E-state index is 0.189. The van der Waals surface area contributed by atoms with E-state index in [4.69, 9.17) is 4.74 Å². The summed E-state index contributed by atoms with van der Waals surface area (Å²) in [6.45, 7) is 1.62. The number of likely N-dealkylation sites (tertiary alicyclic amines) is 1. The fourth-order valence-corrected chi connectivity index (χ4v) is 3.38. The molecule has 124 valence electrons. The van der Waals surface area contributed by atoms with E-state index in [2.05, 4.69) is 6.08 Å². The van der Waals surface area contributed by atoms with Crippen LogP contribution in [0.25, 0.3) is 0 Å². The number of nitrogens with zero attached hydrogens (tertiary/aromatic N) is 1. The Kier molecular flexibility index (Phi) is 5.31. The molecule has 4 heteroatoms. The Bertz CT molecular complexity index is 555. The highest BCUT2D eigenvalue weighted by Crippen LogP contribution is 2.26. The molecule has 2 heterocycles. The molecule has 0 aromatic heterocycles. The van der Waals surface area contributed by atoms with Crippen molar-refractivity contribution in [1.29, 1.82) is 0 Å². The monoisotopic (exact) mass is 317 g/mol. The second-order valence-electron chi connectivity index (χ2n) is 6.48. The lowest BCUT2D eigenvalue weighted by Gasteiger charge is -2.33. The predicted octanol–water partition coefficient (Wildman–Crippen LogP) is 3.69. The number of unbranched alkanes of at least 4 members (excludes halogenated alkanes) is 2. The fourth-order valence-electron chi connectivity index (χ4n) is 3.38. The van der Waals surface area contributed by atoms with Gasteiger partial charge in [-0.2, -0.15) is 0 Å². The first-order chi connectivity index (χ1) is 11.2. The second-order valence-corrected chi connectivity index (χ2v) is 6.48. The summed E-state index contributed by atoms with van der Waals surface area (Å²) in [5, 5.41) is 0. The average molecular weight is 317 g/mol. The Morgan fingerprint density at radius 1 is 1.22 bits per heavy atom. The Balaban J connectivity index is 1.32. The quantitative estimate of drug-likeness (QED) is 0.749. The molecule has 2 aliphatic rings. The number of benzene rings is 1. The summed E-state index contributed by atoms with van der Waals surface area (Å²) in [6.07, 6.45) is 9.66. The Morgan fingerprint density at radius 2 is 2.04 bits per heavy atom. The molecule has 3 rings (SSSR count). The van der Waals surface area contributed by atoms with Crippen molar-refractivity contribution in [3.8, 4) is 0 Å². The third kappa shape index (κ3) is 4.34. The van der Waals surface area contributed by atoms with Crippen molar-refractivity contribution < 1.29 is 13.9 Å². The van der Waals surface area contributed by atoms with Crippen molar-refractivity contribution in [2.24, 2.45) is 5.92 Å². The van der Waals surface area contributed by atoms with E-state index in [1.54, 1.807) is 6.26 Å². The molecule has 1 amide bonds. The van der Waals surface area contributed by atoms with E-state index in [-0.39, 0.29) is 17.8 Å². The fraction of sp³-hybridized carbons (Fsp3) is 0.526. The minimum atomic E-state index is -0.189. The third-order valence-corrected chi connectivity index (χ3v) is 4.79. The third-order valence-electron chi connectivity index (χ3n) is 4.79. The van der Waals surface area contributed by atoms with Gasteiger partial charge in [-0.3, -0.25) is 4.79 Å². The number of carbonyl (C=O) groups excluding carboxylic acids is 1. The maximum atomic E-state index is 12.8. The Hall–Kier alpha value is -1.84. The molecule has 3 nitrogen and oxygen atoms in total. The summed E-state index contributed by atoms with van der Waals surface area (Å²) in [5.74, 6) is 0.460. The number of hydrogen-bond donors (Lipinski definition) is 0. The highest BCUT2D eigenvalue weighted by molar-refractivity contribution is 5.76. The Labute approximate surface area is 137 Å². The van der Waals surface area contributed by atoms with Crippen LogP contribution in [0, 0.1) is 11.7 Å². The van der Waals surface area contributed by atoms with Crippen LogP contribution in [0.15, 0.2) is 36.6 Å². The molecule has 0 bridgehead atoms. The number of amides is 1. The van der Waals surface area contributed by atoms with Gasteiger partial charge in [-0.15, -0.1) is 0 Å². The molecule has 0 saturated carbocycles. The van der Waals surface area contributed by atoms with Crippen molar-refractivity contribution in [2.75, 3.05) is 13.1 Å². The van der Waals surface area contributed by atoms with Gasteiger partial charge in [0.1, 0.15) is 11.9 Å². The van der Waals surface area contributed by atoms with E-state index in [1.165, 1.54) is 12.1 Å². The van der Waals surface area contributed by atoms with Crippen LogP contribution in [-0.2, 0) is 16.0 Å². The van der Waals surface area contributed by atoms with Gasteiger partial charge >= 0.3 is 0 Å². The highest BCUT2D eigenvalue weighted by Gasteiger charge is 2.32. The molecule has 2 unspecified atom stereocenters. The van der Waals surface area contributed by atoms with Crippen LogP contribution in [0.5, 0.6) is 0 Å².